The second-order valence-corrected chi connectivity index (χ2v) is 8.91. The number of aromatic hydroxyl groups is 1. The predicted molar refractivity (Wildman–Crippen MR) is 141 cm³/mol. The molecule has 2 aromatic carbocycles. The van der Waals surface area contributed by atoms with Crippen LogP contribution in [0, 0.1) is 0 Å². The number of nitrogens with two attached hydrogens (primary N) is 2. The fourth-order valence-corrected chi connectivity index (χ4v) is 3.71. The van der Waals surface area contributed by atoms with Gasteiger partial charge < -0.3 is 37.6 Å². The molecule has 2 rings (SSSR count). The molecule has 0 bridgehead atoms. The molecule has 0 spiro atoms. The number of rotatable bonds is 14. The van der Waals surface area contributed by atoms with Crippen molar-refractivity contribution in [1.82, 2.24) is 16.0 Å². The average Bonchev–Trinajstić information content (AvgIpc) is 2.87. The summed E-state index contributed by atoms with van der Waals surface area (Å²) in [4.78, 5) is 61.1. The highest BCUT2D eigenvalue weighted by atomic mass is 32.1. The van der Waals surface area contributed by atoms with Gasteiger partial charge in [0, 0.05) is 12.2 Å². The van der Waals surface area contributed by atoms with Crippen molar-refractivity contribution < 1.29 is 34.2 Å². The monoisotopic (exact) mass is 545 g/mol. The molecule has 4 atom stereocenters. The Bertz CT molecular complexity index is 1130. The zero-order valence-electron chi connectivity index (χ0n) is 20.4. The first-order valence-electron chi connectivity index (χ1n) is 11.6. The molecular formula is C25H31N5O7S. The summed E-state index contributed by atoms with van der Waals surface area (Å²) in [5, 5.41) is 26.0. The quantitative estimate of drug-likeness (QED) is 0.135. The van der Waals surface area contributed by atoms with Gasteiger partial charge in [-0.1, -0.05) is 42.5 Å². The zero-order chi connectivity index (χ0) is 28.2. The largest absolute Gasteiger partial charge is 0.508 e. The van der Waals surface area contributed by atoms with Gasteiger partial charge in [-0.25, -0.2) is 4.79 Å². The lowest BCUT2D eigenvalue weighted by molar-refractivity contribution is -0.143. The summed E-state index contributed by atoms with van der Waals surface area (Å²) in [7, 11) is 0. The lowest BCUT2D eigenvalue weighted by atomic mass is 10.0. The standard InChI is InChI=1S/C25H31N5O7S/c26-17(10-14-4-2-1-3-5-14)22(33)28-18(11-15-6-8-16(31)9-7-15)23(34)30-20(13-38)24(35)29-19(25(36)37)12-21(27)32/h1-9,17-20,31,38H,10-13,26H2,(H2,27,32)(H,28,33)(H,29,35)(H,30,34)(H,36,37). The van der Waals surface area contributed by atoms with E-state index in [0.717, 1.165) is 5.56 Å². The summed E-state index contributed by atoms with van der Waals surface area (Å²) in [6.45, 7) is 0. The summed E-state index contributed by atoms with van der Waals surface area (Å²) < 4.78 is 0. The first-order chi connectivity index (χ1) is 18.0. The topological polar surface area (TPSA) is 214 Å². The van der Waals surface area contributed by atoms with Gasteiger partial charge in [-0.3, -0.25) is 19.2 Å². The van der Waals surface area contributed by atoms with E-state index in [9.17, 15) is 34.2 Å². The molecular weight excluding hydrogens is 514 g/mol. The van der Waals surface area contributed by atoms with Gasteiger partial charge >= 0.3 is 5.97 Å². The highest BCUT2D eigenvalue weighted by Crippen LogP contribution is 2.12. The first-order valence-corrected chi connectivity index (χ1v) is 12.2. The number of nitrogens with one attached hydrogen (secondary N) is 3. The van der Waals surface area contributed by atoms with E-state index in [1.807, 2.05) is 30.3 Å². The van der Waals surface area contributed by atoms with Gasteiger partial charge in [0.15, 0.2) is 0 Å². The van der Waals surface area contributed by atoms with E-state index in [1.165, 1.54) is 12.1 Å². The molecule has 38 heavy (non-hydrogen) atoms. The summed E-state index contributed by atoms with van der Waals surface area (Å²) >= 11 is 4.06. The zero-order valence-corrected chi connectivity index (χ0v) is 21.3. The van der Waals surface area contributed by atoms with E-state index in [-0.39, 0.29) is 24.3 Å². The molecule has 0 radical (unpaired) electrons. The Hall–Kier alpha value is -4.10. The summed E-state index contributed by atoms with van der Waals surface area (Å²) in [5.74, 6) is -4.88. The van der Waals surface area contributed by atoms with Gasteiger partial charge in [0.1, 0.15) is 23.9 Å². The molecule has 204 valence electrons. The van der Waals surface area contributed by atoms with Crippen LogP contribution in [0.15, 0.2) is 54.6 Å². The number of amides is 4. The summed E-state index contributed by atoms with van der Waals surface area (Å²) in [6, 6.07) is 10.00. The van der Waals surface area contributed by atoms with Crippen LogP contribution in [0.3, 0.4) is 0 Å². The number of carboxylic acids is 1. The highest BCUT2D eigenvalue weighted by molar-refractivity contribution is 7.80. The van der Waals surface area contributed by atoms with Gasteiger partial charge in [0.05, 0.1) is 12.5 Å². The summed E-state index contributed by atoms with van der Waals surface area (Å²) in [6.07, 6.45) is -0.429. The molecule has 0 aliphatic rings. The number of hydrogen-bond acceptors (Lipinski definition) is 8. The smallest absolute Gasteiger partial charge is 0.326 e. The maximum absolute atomic E-state index is 13.2. The number of phenolic OH excluding ortho intramolecular Hbond substituents is 1. The van der Waals surface area contributed by atoms with Crippen molar-refractivity contribution in [3.63, 3.8) is 0 Å². The molecule has 4 amide bonds. The Balaban J connectivity index is 2.16. The molecule has 2 aromatic rings. The molecule has 13 heteroatoms. The van der Waals surface area contributed by atoms with Crippen molar-refractivity contribution >= 4 is 42.2 Å². The minimum atomic E-state index is -1.59. The fourth-order valence-electron chi connectivity index (χ4n) is 3.46. The van der Waals surface area contributed by atoms with Crippen LogP contribution in [0.1, 0.15) is 17.5 Å². The van der Waals surface area contributed by atoms with Crippen molar-refractivity contribution in [2.75, 3.05) is 5.75 Å². The van der Waals surface area contributed by atoms with Gasteiger partial charge in [-0.05, 0) is 29.7 Å². The van der Waals surface area contributed by atoms with E-state index < -0.39 is 60.2 Å². The molecule has 0 heterocycles. The van der Waals surface area contributed by atoms with Gasteiger partial charge in [-0.2, -0.15) is 12.6 Å². The number of carboxylic acid groups (broad SMARTS) is 1. The third-order valence-corrected chi connectivity index (χ3v) is 5.84. The fraction of sp³-hybridized carbons (Fsp3) is 0.320. The van der Waals surface area contributed by atoms with Crippen LogP contribution in [0.4, 0.5) is 0 Å². The van der Waals surface area contributed by atoms with Crippen LogP contribution in [-0.4, -0.2) is 69.7 Å². The van der Waals surface area contributed by atoms with Crippen LogP contribution >= 0.6 is 12.6 Å². The molecule has 0 saturated heterocycles. The van der Waals surface area contributed by atoms with Crippen LogP contribution < -0.4 is 27.4 Å². The van der Waals surface area contributed by atoms with Crippen molar-refractivity contribution in [3.8, 4) is 5.75 Å². The Kier molecular flexibility index (Phi) is 11.6. The Morgan fingerprint density at radius 2 is 1.29 bits per heavy atom. The van der Waals surface area contributed by atoms with Crippen molar-refractivity contribution in [2.24, 2.45) is 11.5 Å². The SMILES string of the molecule is NC(=O)CC(NC(=O)C(CS)NC(=O)C(Cc1ccc(O)cc1)NC(=O)C(N)Cc1ccccc1)C(=O)O. The third-order valence-electron chi connectivity index (χ3n) is 5.48. The van der Waals surface area contributed by atoms with E-state index in [4.69, 9.17) is 11.5 Å². The second-order valence-electron chi connectivity index (χ2n) is 8.54. The van der Waals surface area contributed by atoms with Crippen molar-refractivity contribution in [1.29, 1.82) is 0 Å². The normalized spacial score (nSPS) is 13.8. The Labute approximate surface area is 224 Å². The van der Waals surface area contributed by atoms with Crippen LogP contribution in [0.5, 0.6) is 5.75 Å². The maximum atomic E-state index is 13.2. The minimum Gasteiger partial charge on any atom is -0.508 e. The number of carbonyl (C=O) groups is 5. The molecule has 0 fully saturated rings. The number of aliphatic carboxylic acids is 1. The molecule has 0 aliphatic carbocycles. The number of phenols is 1. The first kappa shape index (κ1) is 30.1. The minimum absolute atomic E-state index is 0.00372. The summed E-state index contributed by atoms with van der Waals surface area (Å²) in [5.41, 5.74) is 12.5. The second kappa shape index (κ2) is 14.6. The van der Waals surface area contributed by atoms with Crippen LogP contribution in [0.2, 0.25) is 0 Å². The maximum Gasteiger partial charge on any atom is 0.326 e. The van der Waals surface area contributed by atoms with E-state index in [2.05, 4.69) is 28.6 Å². The van der Waals surface area contributed by atoms with Crippen molar-refractivity contribution in [3.05, 3.63) is 65.7 Å². The average molecular weight is 546 g/mol. The lowest BCUT2D eigenvalue weighted by Crippen LogP contribution is -2.58. The van der Waals surface area contributed by atoms with E-state index >= 15 is 0 Å². The lowest BCUT2D eigenvalue weighted by Gasteiger charge is -2.24. The third kappa shape index (κ3) is 9.75. The molecule has 0 saturated carbocycles. The van der Waals surface area contributed by atoms with Crippen LogP contribution in [-0.2, 0) is 36.8 Å². The van der Waals surface area contributed by atoms with E-state index in [1.54, 1.807) is 12.1 Å². The van der Waals surface area contributed by atoms with Gasteiger partial charge in [0.2, 0.25) is 23.6 Å². The van der Waals surface area contributed by atoms with Crippen molar-refractivity contribution in [2.45, 2.75) is 43.4 Å². The number of carbonyl (C=O) groups excluding carboxylic acids is 4. The molecule has 9 N–H and O–H groups in total. The highest BCUT2D eigenvalue weighted by Gasteiger charge is 2.30. The predicted octanol–water partition coefficient (Wildman–Crippen LogP) is -1.15. The molecule has 0 aliphatic heterocycles. The molecule has 4 unspecified atom stereocenters. The number of benzene rings is 2. The number of thiol groups is 1. The Morgan fingerprint density at radius 1 is 0.763 bits per heavy atom. The number of primary amides is 1. The van der Waals surface area contributed by atoms with Crippen LogP contribution in [0.25, 0.3) is 0 Å². The molecule has 0 aromatic heterocycles. The number of hydrogen-bond donors (Lipinski definition) is 8. The van der Waals surface area contributed by atoms with Gasteiger partial charge in [0.25, 0.3) is 0 Å². The molecule has 12 nitrogen and oxygen atoms in total. The Morgan fingerprint density at radius 3 is 1.84 bits per heavy atom. The van der Waals surface area contributed by atoms with Gasteiger partial charge in [-0.15, -0.1) is 0 Å². The van der Waals surface area contributed by atoms with E-state index in [0.29, 0.717) is 5.56 Å².